The van der Waals surface area contributed by atoms with Crippen LogP contribution in [0.1, 0.15) is 15.2 Å². The molecule has 0 radical (unpaired) electrons. The lowest BCUT2D eigenvalue weighted by molar-refractivity contribution is 0.102. The Morgan fingerprint density at radius 3 is 2.88 bits per heavy atom. The maximum absolute atomic E-state index is 11.7. The molecule has 0 aliphatic heterocycles. The number of carbonyl (C=O) groups excluding carboxylic acids is 1. The van der Waals surface area contributed by atoms with E-state index >= 15 is 0 Å². The molecular weight excluding hydrogens is 244 g/mol. The van der Waals surface area contributed by atoms with Crippen molar-refractivity contribution in [2.45, 2.75) is 6.92 Å². The Morgan fingerprint density at radius 2 is 2.31 bits per heavy atom. The Kier molecular flexibility index (Phi) is 3.22. The number of halogens is 1. The minimum atomic E-state index is -0.154. The molecule has 0 saturated carbocycles. The molecule has 1 amide bonds. The van der Waals surface area contributed by atoms with Gasteiger partial charge in [-0.3, -0.25) is 4.79 Å². The van der Waals surface area contributed by atoms with E-state index in [-0.39, 0.29) is 5.91 Å². The van der Waals surface area contributed by atoms with Gasteiger partial charge in [0, 0.05) is 16.5 Å². The minimum absolute atomic E-state index is 0.154. The van der Waals surface area contributed by atoms with E-state index < -0.39 is 0 Å². The number of nitrogens with one attached hydrogen (secondary N) is 1. The van der Waals surface area contributed by atoms with Crippen molar-refractivity contribution in [2.75, 3.05) is 5.32 Å². The number of thiophene rings is 1. The lowest BCUT2D eigenvalue weighted by Gasteiger charge is -2.01. The van der Waals surface area contributed by atoms with Gasteiger partial charge in [-0.05, 0) is 25.1 Å². The first-order chi connectivity index (χ1) is 7.65. The van der Waals surface area contributed by atoms with E-state index in [0.29, 0.717) is 16.4 Å². The summed E-state index contributed by atoms with van der Waals surface area (Å²) >= 11 is 7.24. The second-order valence-electron chi connectivity index (χ2n) is 3.26. The van der Waals surface area contributed by atoms with Crippen molar-refractivity contribution in [1.82, 2.24) is 4.98 Å². The molecule has 2 rings (SSSR count). The summed E-state index contributed by atoms with van der Waals surface area (Å²) in [5.41, 5.74) is 0.652. The number of pyridine rings is 1. The fraction of sp³-hybridized carbons (Fsp3) is 0.0909. The molecule has 0 aliphatic rings. The van der Waals surface area contributed by atoms with Crippen molar-refractivity contribution in [2.24, 2.45) is 0 Å². The molecule has 0 fully saturated rings. The first-order valence-corrected chi connectivity index (χ1v) is 5.89. The Morgan fingerprint density at radius 1 is 1.50 bits per heavy atom. The van der Waals surface area contributed by atoms with Crippen molar-refractivity contribution in [3.8, 4) is 0 Å². The molecule has 0 bridgehead atoms. The summed E-state index contributed by atoms with van der Waals surface area (Å²) in [6, 6.07) is 5.19. The molecule has 0 spiro atoms. The third kappa shape index (κ3) is 2.59. The van der Waals surface area contributed by atoms with Crippen molar-refractivity contribution < 1.29 is 4.79 Å². The highest BCUT2D eigenvalue weighted by Crippen LogP contribution is 2.15. The molecule has 2 aromatic rings. The first kappa shape index (κ1) is 11.1. The smallest absolute Gasteiger partial charge is 0.257 e. The lowest BCUT2D eigenvalue weighted by atomic mass is 10.3. The summed E-state index contributed by atoms with van der Waals surface area (Å²) in [4.78, 5) is 16.8. The minimum Gasteiger partial charge on any atom is -0.307 e. The van der Waals surface area contributed by atoms with Crippen LogP contribution < -0.4 is 5.32 Å². The first-order valence-electron chi connectivity index (χ1n) is 4.63. The molecule has 82 valence electrons. The zero-order valence-electron chi connectivity index (χ0n) is 8.53. The monoisotopic (exact) mass is 252 g/mol. The molecule has 0 aliphatic carbocycles. The van der Waals surface area contributed by atoms with Gasteiger partial charge in [0.25, 0.3) is 5.91 Å². The summed E-state index contributed by atoms with van der Waals surface area (Å²) in [5, 5.41) is 5.06. The van der Waals surface area contributed by atoms with E-state index in [1.807, 2.05) is 18.4 Å². The van der Waals surface area contributed by atoms with Crippen LogP contribution in [0.25, 0.3) is 0 Å². The summed E-state index contributed by atoms with van der Waals surface area (Å²) in [6.45, 7) is 1.96. The van der Waals surface area contributed by atoms with Crippen LogP contribution in [0.3, 0.4) is 0 Å². The van der Waals surface area contributed by atoms with Gasteiger partial charge in [0.2, 0.25) is 0 Å². The number of hydrogen-bond acceptors (Lipinski definition) is 3. The number of anilines is 1. The predicted molar refractivity (Wildman–Crippen MR) is 66.3 cm³/mol. The molecule has 2 aromatic heterocycles. The lowest BCUT2D eigenvalue weighted by Crippen LogP contribution is -2.11. The highest BCUT2D eigenvalue weighted by atomic mass is 35.5. The topological polar surface area (TPSA) is 42.0 Å². The van der Waals surface area contributed by atoms with Gasteiger partial charge >= 0.3 is 0 Å². The Hall–Kier alpha value is -1.39. The fourth-order valence-electron chi connectivity index (χ4n) is 1.20. The van der Waals surface area contributed by atoms with E-state index in [2.05, 4.69) is 10.3 Å². The average Bonchev–Trinajstić information content (AvgIpc) is 2.68. The van der Waals surface area contributed by atoms with E-state index in [1.165, 1.54) is 6.20 Å². The third-order valence-corrected chi connectivity index (χ3v) is 3.05. The maximum Gasteiger partial charge on any atom is 0.257 e. The largest absolute Gasteiger partial charge is 0.307 e. The number of hydrogen-bond donors (Lipinski definition) is 1. The molecule has 5 heteroatoms. The summed E-state index contributed by atoms with van der Waals surface area (Å²) in [5.74, 6) is 0.345. The summed E-state index contributed by atoms with van der Waals surface area (Å²) in [6.07, 6.45) is 1.50. The summed E-state index contributed by atoms with van der Waals surface area (Å²) < 4.78 is 0. The SMILES string of the molecule is Cc1cc(C(=O)Nc2ccc(Cl)cn2)cs1. The van der Waals surface area contributed by atoms with Crippen LogP contribution in [0, 0.1) is 6.92 Å². The van der Waals surface area contributed by atoms with Crippen LogP contribution in [0.4, 0.5) is 5.82 Å². The zero-order valence-corrected chi connectivity index (χ0v) is 10.1. The Bertz CT molecular complexity index is 507. The Balaban J connectivity index is 2.10. The number of rotatable bonds is 2. The van der Waals surface area contributed by atoms with Gasteiger partial charge in [-0.2, -0.15) is 0 Å². The van der Waals surface area contributed by atoms with Crippen molar-refractivity contribution in [1.29, 1.82) is 0 Å². The van der Waals surface area contributed by atoms with Gasteiger partial charge in [-0.15, -0.1) is 11.3 Å². The molecule has 0 atom stereocenters. The molecule has 2 heterocycles. The van der Waals surface area contributed by atoms with E-state index in [4.69, 9.17) is 11.6 Å². The van der Waals surface area contributed by atoms with Crippen LogP contribution in [-0.4, -0.2) is 10.9 Å². The van der Waals surface area contributed by atoms with Gasteiger partial charge in [-0.25, -0.2) is 4.98 Å². The number of aromatic nitrogens is 1. The quantitative estimate of drug-likeness (QED) is 0.891. The van der Waals surface area contributed by atoms with Crippen LogP contribution in [0.15, 0.2) is 29.8 Å². The van der Waals surface area contributed by atoms with Crippen LogP contribution in [0.5, 0.6) is 0 Å². The van der Waals surface area contributed by atoms with Crippen LogP contribution in [0.2, 0.25) is 5.02 Å². The van der Waals surface area contributed by atoms with Crippen molar-refractivity contribution in [3.05, 3.63) is 45.2 Å². The maximum atomic E-state index is 11.7. The van der Waals surface area contributed by atoms with Gasteiger partial charge in [0.05, 0.1) is 10.6 Å². The normalized spacial score (nSPS) is 10.1. The molecule has 3 nitrogen and oxygen atoms in total. The standard InChI is InChI=1S/C11H9ClN2OS/c1-7-4-8(6-16-7)11(15)14-10-3-2-9(12)5-13-10/h2-6H,1H3,(H,13,14,15). The molecule has 0 unspecified atom stereocenters. The fourth-order valence-corrected chi connectivity index (χ4v) is 2.00. The predicted octanol–water partition coefficient (Wildman–Crippen LogP) is 3.36. The summed E-state index contributed by atoms with van der Waals surface area (Å²) in [7, 11) is 0. The zero-order chi connectivity index (χ0) is 11.5. The van der Waals surface area contributed by atoms with E-state index in [0.717, 1.165) is 4.88 Å². The second-order valence-corrected chi connectivity index (χ2v) is 4.81. The van der Waals surface area contributed by atoms with Gasteiger partial charge in [-0.1, -0.05) is 11.6 Å². The molecule has 0 saturated heterocycles. The number of amides is 1. The molecule has 16 heavy (non-hydrogen) atoms. The van der Waals surface area contributed by atoms with Gasteiger partial charge in [0.1, 0.15) is 5.82 Å². The molecule has 0 aromatic carbocycles. The van der Waals surface area contributed by atoms with Crippen molar-refractivity contribution in [3.63, 3.8) is 0 Å². The molecular formula is C11H9ClN2OS. The van der Waals surface area contributed by atoms with Crippen molar-refractivity contribution >= 4 is 34.7 Å². The van der Waals surface area contributed by atoms with E-state index in [9.17, 15) is 4.79 Å². The van der Waals surface area contributed by atoms with Gasteiger partial charge < -0.3 is 5.32 Å². The van der Waals surface area contributed by atoms with E-state index in [1.54, 1.807) is 23.5 Å². The second kappa shape index (κ2) is 4.63. The third-order valence-electron chi connectivity index (χ3n) is 1.96. The molecule has 1 N–H and O–H groups in total. The van der Waals surface area contributed by atoms with Crippen LogP contribution in [-0.2, 0) is 0 Å². The average molecular weight is 253 g/mol. The number of nitrogens with zero attached hydrogens (tertiary/aromatic N) is 1. The number of aryl methyl sites for hydroxylation is 1. The highest BCUT2D eigenvalue weighted by molar-refractivity contribution is 7.10. The number of carbonyl (C=O) groups is 1. The highest BCUT2D eigenvalue weighted by Gasteiger charge is 2.07. The van der Waals surface area contributed by atoms with Gasteiger partial charge in [0.15, 0.2) is 0 Å². The Labute approximate surface area is 102 Å². The van der Waals surface area contributed by atoms with Crippen LogP contribution >= 0.6 is 22.9 Å².